The fourth-order valence-electron chi connectivity index (χ4n) is 2.41. The van der Waals surface area contributed by atoms with E-state index in [-0.39, 0.29) is 5.91 Å². The number of thiocarbonyl (C=S) groups is 1. The van der Waals surface area contributed by atoms with Gasteiger partial charge in [-0.25, -0.2) is 0 Å². The molecule has 1 aliphatic rings. The van der Waals surface area contributed by atoms with Gasteiger partial charge in [-0.1, -0.05) is 44.1 Å². The molecule has 1 aliphatic carbocycles. The van der Waals surface area contributed by atoms with Gasteiger partial charge < -0.3 is 11.1 Å². The maximum atomic E-state index is 12.3. The maximum Gasteiger partial charge on any atom is 0.237 e. The van der Waals surface area contributed by atoms with Crippen molar-refractivity contribution in [3.8, 4) is 0 Å². The Morgan fingerprint density at radius 1 is 1.37 bits per heavy atom. The summed E-state index contributed by atoms with van der Waals surface area (Å²) in [6.45, 7) is 2.15. The molecule has 3 N–H and O–H groups in total. The number of hydrogen-bond acceptors (Lipinski definition) is 2. The number of hydrogen-bond donors (Lipinski definition) is 2. The van der Waals surface area contributed by atoms with Crippen LogP contribution in [0.15, 0.2) is 24.3 Å². The number of aryl methyl sites for hydroxylation is 1. The third-order valence-corrected chi connectivity index (χ3v) is 4.25. The third-order valence-electron chi connectivity index (χ3n) is 3.86. The molecule has 0 aliphatic heterocycles. The third kappa shape index (κ3) is 2.78. The number of carbonyl (C=O) groups is 1. The summed E-state index contributed by atoms with van der Waals surface area (Å²) in [5.41, 5.74) is 7.21. The molecule has 0 aromatic heterocycles. The highest BCUT2D eigenvalue weighted by atomic mass is 32.1. The van der Waals surface area contributed by atoms with Crippen molar-refractivity contribution in [2.45, 2.75) is 39.0 Å². The molecule has 19 heavy (non-hydrogen) atoms. The summed E-state index contributed by atoms with van der Waals surface area (Å²) in [4.78, 5) is 12.6. The first-order chi connectivity index (χ1) is 9.08. The second kappa shape index (κ2) is 5.70. The maximum absolute atomic E-state index is 12.3. The topological polar surface area (TPSA) is 55.1 Å². The largest absolute Gasteiger partial charge is 0.392 e. The molecule has 0 saturated heterocycles. The van der Waals surface area contributed by atoms with Gasteiger partial charge in [0, 0.05) is 5.69 Å². The van der Waals surface area contributed by atoms with Crippen LogP contribution in [0.4, 0.5) is 5.69 Å². The van der Waals surface area contributed by atoms with Gasteiger partial charge in [-0.3, -0.25) is 4.79 Å². The summed E-state index contributed by atoms with van der Waals surface area (Å²) in [7, 11) is 0. The smallest absolute Gasteiger partial charge is 0.237 e. The Hall–Kier alpha value is -1.42. The molecule has 0 bridgehead atoms. The highest BCUT2D eigenvalue weighted by molar-refractivity contribution is 7.80. The lowest BCUT2D eigenvalue weighted by Gasteiger charge is -2.39. The van der Waals surface area contributed by atoms with E-state index in [9.17, 15) is 4.79 Å². The molecule has 0 unspecified atom stereocenters. The van der Waals surface area contributed by atoms with Crippen LogP contribution in [0.3, 0.4) is 0 Å². The van der Waals surface area contributed by atoms with E-state index in [1.807, 2.05) is 24.3 Å². The van der Waals surface area contributed by atoms with Crippen LogP contribution in [0.5, 0.6) is 0 Å². The lowest BCUT2D eigenvalue weighted by atomic mass is 9.68. The molecule has 0 heterocycles. The first-order valence-electron chi connectivity index (χ1n) is 6.79. The van der Waals surface area contributed by atoms with Crippen LogP contribution < -0.4 is 11.1 Å². The second-order valence-corrected chi connectivity index (χ2v) is 5.64. The Bertz CT molecular complexity index is 477. The zero-order valence-corrected chi connectivity index (χ0v) is 12.1. The summed E-state index contributed by atoms with van der Waals surface area (Å²) in [5.74, 6) is -0.0607. The lowest BCUT2D eigenvalue weighted by Crippen LogP contribution is -2.50. The number of nitrogens with one attached hydrogen (secondary N) is 1. The van der Waals surface area contributed by atoms with Gasteiger partial charge in [-0.15, -0.1) is 0 Å². The zero-order chi connectivity index (χ0) is 13.9. The number of anilines is 1. The quantitative estimate of drug-likeness (QED) is 0.813. The van der Waals surface area contributed by atoms with Gasteiger partial charge in [0.05, 0.1) is 10.4 Å². The molecule has 0 spiro atoms. The molecule has 4 heteroatoms. The standard InChI is InChI=1S/C15H20N2OS/c1-2-4-11-5-7-12(8-6-11)17-14(18)15(13(16)19)9-3-10-15/h5-8H,2-4,9-10H2,1H3,(H2,16,19)(H,17,18). The number of carbonyl (C=O) groups excluding carboxylic acids is 1. The highest BCUT2D eigenvalue weighted by Crippen LogP contribution is 2.42. The average Bonchev–Trinajstić information content (AvgIpc) is 2.30. The summed E-state index contributed by atoms with van der Waals surface area (Å²) in [5, 5.41) is 2.93. The minimum Gasteiger partial charge on any atom is -0.392 e. The summed E-state index contributed by atoms with van der Waals surface area (Å²) < 4.78 is 0. The number of amides is 1. The molecular weight excluding hydrogens is 256 g/mol. The lowest BCUT2D eigenvalue weighted by molar-refractivity contribution is -0.125. The number of benzene rings is 1. The highest BCUT2D eigenvalue weighted by Gasteiger charge is 2.46. The van der Waals surface area contributed by atoms with Crippen LogP contribution in [-0.2, 0) is 11.2 Å². The van der Waals surface area contributed by atoms with Gasteiger partial charge >= 0.3 is 0 Å². The predicted molar refractivity (Wildman–Crippen MR) is 82.1 cm³/mol. The fourth-order valence-corrected chi connectivity index (χ4v) is 2.71. The van der Waals surface area contributed by atoms with Crippen molar-refractivity contribution in [1.29, 1.82) is 0 Å². The van der Waals surface area contributed by atoms with Gasteiger partial charge in [-0.2, -0.15) is 0 Å². The molecule has 0 atom stereocenters. The van der Waals surface area contributed by atoms with Gasteiger partial charge in [0.25, 0.3) is 0 Å². The van der Waals surface area contributed by atoms with Crippen molar-refractivity contribution < 1.29 is 4.79 Å². The minimum absolute atomic E-state index is 0.0607. The monoisotopic (exact) mass is 276 g/mol. The molecule has 0 radical (unpaired) electrons. The Balaban J connectivity index is 2.04. The molecule has 1 aromatic rings. The molecule has 1 fully saturated rings. The number of rotatable bonds is 5. The SMILES string of the molecule is CCCc1ccc(NC(=O)C2(C(N)=S)CCC2)cc1. The summed E-state index contributed by atoms with van der Waals surface area (Å²) >= 11 is 5.05. The molecule has 1 aromatic carbocycles. The van der Waals surface area contributed by atoms with Crippen LogP contribution in [-0.4, -0.2) is 10.9 Å². The van der Waals surface area contributed by atoms with Crippen molar-refractivity contribution in [3.63, 3.8) is 0 Å². The van der Waals surface area contributed by atoms with Gasteiger partial charge in [0.15, 0.2) is 0 Å². The van der Waals surface area contributed by atoms with E-state index < -0.39 is 5.41 Å². The van der Waals surface area contributed by atoms with Crippen molar-refractivity contribution in [1.82, 2.24) is 0 Å². The first kappa shape index (κ1) is 14.0. The van der Waals surface area contributed by atoms with Crippen LogP contribution in [0, 0.1) is 5.41 Å². The van der Waals surface area contributed by atoms with E-state index in [0.717, 1.165) is 37.8 Å². The number of nitrogens with two attached hydrogens (primary N) is 1. The molecule has 1 amide bonds. The van der Waals surface area contributed by atoms with E-state index in [4.69, 9.17) is 18.0 Å². The van der Waals surface area contributed by atoms with Gasteiger partial charge in [0.2, 0.25) is 5.91 Å². The molecule has 2 rings (SSSR count). The van der Waals surface area contributed by atoms with Gasteiger partial charge in [-0.05, 0) is 37.0 Å². The predicted octanol–water partition coefficient (Wildman–Crippen LogP) is 3.03. The summed E-state index contributed by atoms with van der Waals surface area (Å²) in [6, 6.07) is 7.98. The Labute approximate surface area is 119 Å². The van der Waals surface area contributed by atoms with Crippen LogP contribution in [0.25, 0.3) is 0 Å². The molecular formula is C15H20N2OS. The van der Waals surface area contributed by atoms with E-state index in [0.29, 0.717) is 4.99 Å². The van der Waals surface area contributed by atoms with Crippen LogP contribution >= 0.6 is 12.2 Å². The second-order valence-electron chi connectivity index (χ2n) is 5.20. The molecule has 102 valence electrons. The normalized spacial score (nSPS) is 16.5. The van der Waals surface area contributed by atoms with Crippen LogP contribution in [0.2, 0.25) is 0 Å². The average molecular weight is 276 g/mol. The van der Waals surface area contributed by atoms with Crippen molar-refractivity contribution in [2.75, 3.05) is 5.32 Å². The van der Waals surface area contributed by atoms with E-state index in [1.54, 1.807) is 0 Å². The van der Waals surface area contributed by atoms with E-state index in [2.05, 4.69) is 12.2 Å². The van der Waals surface area contributed by atoms with E-state index in [1.165, 1.54) is 5.56 Å². The van der Waals surface area contributed by atoms with Gasteiger partial charge in [0.1, 0.15) is 0 Å². The van der Waals surface area contributed by atoms with E-state index >= 15 is 0 Å². The zero-order valence-electron chi connectivity index (χ0n) is 11.2. The summed E-state index contributed by atoms with van der Waals surface area (Å²) in [6.07, 6.45) is 4.73. The Morgan fingerprint density at radius 2 is 2.00 bits per heavy atom. The Kier molecular flexibility index (Phi) is 4.20. The van der Waals surface area contributed by atoms with Crippen molar-refractivity contribution in [3.05, 3.63) is 29.8 Å². The van der Waals surface area contributed by atoms with Crippen molar-refractivity contribution in [2.24, 2.45) is 11.1 Å². The molecule has 3 nitrogen and oxygen atoms in total. The first-order valence-corrected chi connectivity index (χ1v) is 7.19. The Morgan fingerprint density at radius 3 is 2.42 bits per heavy atom. The fraction of sp³-hybridized carbons (Fsp3) is 0.467. The molecule has 1 saturated carbocycles. The minimum atomic E-state index is -0.614. The van der Waals surface area contributed by atoms with Crippen LogP contribution in [0.1, 0.15) is 38.2 Å². The van der Waals surface area contributed by atoms with Crippen molar-refractivity contribution >= 4 is 28.8 Å².